The van der Waals surface area contributed by atoms with Crippen molar-refractivity contribution in [1.29, 1.82) is 0 Å². The molecule has 2 rings (SSSR count). The van der Waals surface area contributed by atoms with Crippen LogP contribution < -0.4 is 5.32 Å². The van der Waals surface area contributed by atoms with Crippen LogP contribution in [0.15, 0.2) is 28.9 Å². The van der Waals surface area contributed by atoms with Gasteiger partial charge >= 0.3 is 0 Å². The molecule has 0 bridgehead atoms. The van der Waals surface area contributed by atoms with Crippen LogP contribution in [0, 0.1) is 17.5 Å². The third-order valence-electron chi connectivity index (χ3n) is 2.10. The molecule has 7 heteroatoms. The smallest absolute Gasteiger partial charge is 0.260 e. The molecule has 0 aliphatic heterocycles. The maximum Gasteiger partial charge on any atom is 0.260 e. The summed E-state index contributed by atoms with van der Waals surface area (Å²) in [7, 11) is 0. The van der Waals surface area contributed by atoms with E-state index in [0.29, 0.717) is 12.1 Å². The van der Waals surface area contributed by atoms with Crippen molar-refractivity contribution in [3.8, 4) is 0 Å². The first-order valence-electron chi connectivity index (χ1n) is 4.68. The number of nitrogens with one attached hydrogen (secondary N) is 1. The van der Waals surface area contributed by atoms with Crippen LogP contribution in [0.2, 0.25) is 5.22 Å². The molecule has 0 aliphatic rings. The van der Waals surface area contributed by atoms with Gasteiger partial charge in [0.1, 0.15) is 0 Å². The van der Waals surface area contributed by atoms with Gasteiger partial charge in [-0.15, -0.1) is 0 Å². The molecular weight excluding hydrogens is 271 g/mol. The number of rotatable bonds is 2. The van der Waals surface area contributed by atoms with Gasteiger partial charge < -0.3 is 9.73 Å². The predicted molar refractivity (Wildman–Crippen MR) is 58.0 cm³/mol. The Labute approximate surface area is 104 Å². The van der Waals surface area contributed by atoms with E-state index in [-0.39, 0.29) is 16.5 Å². The molecule has 1 N–H and O–H groups in total. The minimum atomic E-state index is -1.60. The lowest BCUT2D eigenvalue weighted by Gasteiger charge is -2.05. The number of hydrogen-bond donors (Lipinski definition) is 1. The average molecular weight is 276 g/mol. The van der Waals surface area contributed by atoms with E-state index in [0.717, 1.165) is 0 Å². The highest BCUT2D eigenvalue weighted by Gasteiger charge is 2.16. The number of amides is 1. The molecule has 0 unspecified atom stereocenters. The topological polar surface area (TPSA) is 42.2 Å². The van der Waals surface area contributed by atoms with Crippen molar-refractivity contribution in [1.82, 2.24) is 0 Å². The fourth-order valence-corrected chi connectivity index (χ4v) is 1.48. The second-order valence-electron chi connectivity index (χ2n) is 3.32. The Bertz CT molecular complexity index is 589. The van der Waals surface area contributed by atoms with Gasteiger partial charge in [-0.2, -0.15) is 0 Å². The Kier molecular flexibility index (Phi) is 3.29. The first kappa shape index (κ1) is 12.5. The molecule has 1 amide bonds. The van der Waals surface area contributed by atoms with Crippen molar-refractivity contribution in [3.63, 3.8) is 0 Å². The van der Waals surface area contributed by atoms with Crippen molar-refractivity contribution >= 4 is 23.2 Å². The molecule has 2 aromatic rings. The van der Waals surface area contributed by atoms with E-state index in [2.05, 4.69) is 9.73 Å². The number of furan rings is 1. The van der Waals surface area contributed by atoms with Crippen molar-refractivity contribution < 1.29 is 22.4 Å². The van der Waals surface area contributed by atoms with E-state index in [9.17, 15) is 18.0 Å². The lowest BCUT2D eigenvalue weighted by Crippen LogP contribution is -2.12. The second kappa shape index (κ2) is 4.73. The quantitative estimate of drug-likeness (QED) is 0.851. The number of anilines is 1. The van der Waals surface area contributed by atoms with Crippen molar-refractivity contribution in [2.45, 2.75) is 0 Å². The summed E-state index contributed by atoms with van der Waals surface area (Å²) in [5.41, 5.74) is -0.226. The highest BCUT2D eigenvalue weighted by molar-refractivity contribution is 6.32. The third kappa shape index (κ3) is 2.33. The van der Waals surface area contributed by atoms with Crippen LogP contribution in [-0.4, -0.2) is 5.91 Å². The molecule has 0 atom stereocenters. The van der Waals surface area contributed by atoms with Gasteiger partial charge in [0.05, 0.1) is 11.8 Å². The van der Waals surface area contributed by atoms with Crippen LogP contribution in [0.25, 0.3) is 0 Å². The average Bonchev–Trinajstić information content (AvgIpc) is 2.72. The Hall–Kier alpha value is -1.95. The molecule has 1 aromatic heterocycles. The summed E-state index contributed by atoms with van der Waals surface area (Å²) in [6.07, 6.45) is 1.18. The number of carbonyl (C=O) groups is 1. The van der Waals surface area contributed by atoms with Gasteiger partial charge in [-0.25, -0.2) is 13.2 Å². The zero-order valence-corrected chi connectivity index (χ0v) is 9.39. The first-order chi connectivity index (χ1) is 8.49. The predicted octanol–water partition coefficient (Wildman–Crippen LogP) is 3.60. The molecule has 0 radical (unpaired) electrons. The standard InChI is InChI=1S/C11H5ClF3NO2/c12-10-6(1-2-18-10)11(17)16-5-3-7(13)9(15)8(14)4-5/h1-4H,(H,16,17). The fraction of sp³-hybridized carbons (Fsp3) is 0. The van der Waals surface area contributed by atoms with Crippen LogP contribution >= 0.6 is 11.6 Å². The number of halogens is 4. The van der Waals surface area contributed by atoms with Crippen molar-refractivity contribution in [2.24, 2.45) is 0 Å². The summed E-state index contributed by atoms with van der Waals surface area (Å²) in [4.78, 5) is 11.6. The summed E-state index contributed by atoms with van der Waals surface area (Å²) < 4.78 is 43.2. The van der Waals surface area contributed by atoms with Crippen LogP contribution in [0.4, 0.5) is 18.9 Å². The van der Waals surface area contributed by atoms with E-state index in [1.54, 1.807) is 0 Å². The summed E-state index contributed by atoms with van der Waals surface area (Å²) in [5, 5.41) is 2.01. The lowest BCUT2D eigenvalue weighted by atomic mass is 10.2. The van der Waals surface area contributed by atoms with Gasteiger partial charge in [-0.05, 0) is 17.7 Å². The van der Waals surface area contributed by atoms with E-state index in [1.807, 2.05) is 0 Å². The summed E-state index contributed by atoms with van der Waals surface area (Å²) in [5.74, 6) is -5.12. The Morgan fingerprint density at radius 1 is 1.22 bits per heavy atom. The molecule has 94 valence electrons. The highest BCUT2D eigenvalue weighted by Crippen LogP contribution is 2.21. The maximum absolute atomic E-state index is 12.9. The van der Waals surface area contributed by atoms with Crippen LogP contribution in [0.3, 0.4) is 0 Å². The number of hydrogen-bond acceptors (Lipinski definition) is 2. The molecule has 0 saturated heterocycles. The summed E-state index contributed by atoms with van der Waals surface area (Å²) >= 11 is 5.55. The largest absolute Gasteiger partial charge is 0.452 e. The Morgan fingerprint density at radius 2 is 1.83 bits per heavy atom. The zero-order chi connectivity index (χ0) is 13.3. The van der Waals surface area contributed by atoms with Gasteiger partial charge in [0.25, 0.3) is 5.91 Å². The van der Waals surface area contributed by atoms with E-state index in [1.165, 1.54) is 12.3 Å². The molecule has 0 fully saturated rings. The van der Waals surface area contributed by atoms with Crippen LogP contribution in [0.1, 0.15) is 10.4 Å². The second-order valence-corrected chi connectivity index (χ2v) is 3.66. The molecular formula is C11H5ClF3NO2. The normalized spacial score (nSPS) is 10.4. The Balaban J connectivity index is 2.25. The lowest BCUT2D eigenvalue weighted by molar-refractivity contribution is 0.102. The van der Waals surface area contributed by atoms with Crippen molar-refractivity contribution in [2.75, 3.05) is 5.32 Å². The Morgan fingerprint density at radius 3 is 2.33 bits per heavy atom. The van der Waals surface area contributed by atoms with Gasteiger partial charge in [0.15, 0.2) is 17.5 Å². The molecule has 0 aliphatic carbocycles. The SMILES string of the molecule is O=C(Nc1cc(F)c(F)c(F)c1)c1ccoc1Cl. The fourth-order valence-electron chi connectivity index (χ4n) is 1.28. The summed E-state index contributed by atoms with van der Waals surface area (Å²) in [6, 6.07) is 2.60. The zero-order valence-electron chi connectivity index (χ0n) is 8.64. The van der Waals surface area contributed by atoms with Gasteiger partial charge in [-0.1, -0.05) is 0 Å². The monoisotopic (exact) mass is 275 g/mol. The van der Waals surface area contributed by atoms with Gasteiger partial charge in [0.2, 0.25) is 5.22 Å². The first-order valence-corrected chi connectivity index (χ1v) is 5.05. The minimum Gasteiger partial charge on any atom is -0.452 e. The van der Waals surface area contributed by atoms with E-state index >= 15 is 0 Å². The van der Waals surface area contributed by atoms with Crippen LogP contribution in [-0.2, 0) is 0 Å². The summed E-state index contributed by atoms with van der Waals surface area (Å²) in [6.45, 7) is 0. The highest BCUT2D eigenvalue weighted by atomic mass is 35.5. The molecule has 3 nitrogen and oxygen atoms in total. The van der Waals surface area contributed by atoms with Gasteiger partial charge in [0, 0.05) is 17.8 Å². The van der Waals surface area contributed by atoms with E-state index < -0.39 is 23.4 Å². The molecule has 0 spiro atoms. The van der Waals surface area contributed by atoms with Crippen molar-refractivity contribution in [3.05, 3.63) is 52.7 Å². The molecule has 18 heavy (non-hydrogen) atoms. The van der Waals surface area contributed by atoms with Gasteiger partial charge in [-0.3, -0.25) is 4.79 Å². The number of carbonyl (C=O) groups excluding carboxylic acids is 1. The van der Waals surface area contributed by atoms with Crippen LogP contribution in [0.5, 0.6) is 0 Å². The molecule has 1 aromatic carbocycles. The maximum atomic E-state index is 12.9. The third-order valence-corrected chi connectivity index (χ3v) is 2.40. The molecule has 0 saturated carbocycles. The van der Waals surface area contributed by atoms with E-state index in [4.69, 9.17) is 11.6 Å². The molecule has 1 heterocycles. The number of benzene rings is 1. The minimum absolute atomic E-state index is 0.00167.